The molecule has 0 aromatic heterocycles. The standard InChI is InChI=1S/C15H21NO4/c1-4-5-13(15(18)19)16-14(17)11(3)20-12-8-6-10(2)7-9-12/h6-9,11,13H,4-5H2,1-3H3,(H,16,17)(H,18,19)/t11?,13-/m0/s1. The second-order valence-electron chi connectivity index (χ2n) is 4.76. The molecule has 0 aliphatic carbocycles. The predicted molar refractivity (Wildman–Crippen MR) is 75.7 cm³/mol. The fourth-order valence-corrected chi connectivity index (χ4v) is 1.71. The predicted octanol–water partition coefficient (Wildman–Crippen LogP) is 2.13. The van der Waals surface area contributed by atoms with Crippen molar-refractivity contribution in [3.63, 3.8) is 0 Å². The van der Waals surface area contributed by atoms with E-state index in [0.29, 0.717) is 18.6 Å². The molecule has 5 heteroatoms. The maximum Gasteiger partial charge on any atom is 0.326 e. The number of nitrogens with one attached hydrogen (secondary N) is 1. The third-order valence-electron chi connectivity index (χ3n) is 2.90. The third kappa shape index (κ3) is 4.91. The van der Waals surface area contributed by atoms with Crippen molar-refractivity contribution in [2.24, 2.45) is 0 Å². The highest BCUT2D eigenvalue weighted by atomic mass is 16.5. The second kappa shape index (κ2) is 7.53. The molecule has 0 saturated heterocycles. The first kappa shape index (κ1) is 16.0. The number of aliphatic carboxylic acids is 1. The molecule has 1 aromatic rings. The number of rotatable bonds is 7. The van der Waals surface area contributed by atoms with Gasteiger partial charge in [-0.3, -0.25) is 4.79 Å². The zero-order chi connectivity index (χ0) is 15.1. The Hall–Kier alpha value is -2.04. The molecule has 0 bridgehead atoms. The summed E-state index contributed by atoms with van der Waals surface area (Å²) in [5.74, 6) is -0.866. The SMILES string of the molecule is CCC[C@H](NC(=O)C(C)Oc1ccc(C)cc1)C(=O)O. The molecule has 20 heavy (non-hydrogen) atoms. The van der Waals surface area contributed by atoms with Crippen molar-refractivity contribution in [3.8, 4) is 5.75 Å². The number of hydrogen-bond donors (Lipinski definition) is 2. The minimum atomic E-state index is -1.03. The van der Waals surface area contributed by atoms with Gasteiger partial charge >= 0.3 is 5.97 Å². The number of ether oxygens (including phenoxy) is 1. The summed E-state index contributed by atoms with van der Waals surface area (Å²) in [5, 5.41) is 11.5. The van der Waals surface area contributed by atoms with Crippen LogP contribution in [0, 0.1) is 6.92 Å². The van der Waals surface area contributed by atoms with Gasteiger partial charge in [0.05, 0.1) is 0 Å². The van der Waals surface area contributed by atoms with Crippen LogP contribution in [0.4, 0.5) is 0 Å². The van der Waals surface area contributed by atoms with Crippen molar-refractivity contribution in [3.05, 3.63) is 29.8 Å². The number of carboxylic acid groups (broad SMARTS) is 1. The van der Waals surface area contributed by atoms with Gasteiger partial charge in [0.1, 0.15) is 11.8 Å². The Kier molecular flexibility index (Phi) is 6.03. The van der Waals surface area contributed by atoms with Crippen molar-refractivity contribution in [2.45, 2.75) is 45.8 Å². The summed E-state index contributed by atoms with van der Waals surface area (Å²) in [5.41, 5.74) is 1.10. The number of hydrogen-bond acceptors (Lipinski definition) is 3. The Morgan fingerprint density at radius 3 is 2.40 bits per heavy atom. The molecule has 1 amide bonds. The van der Waals surface area contributed by atoms with E-state index in [0.717, 1.165) is 5.56 Å². The quantitative estimate of drug-likeness (QED) is 0.801. The maximum absolute atomic E-state index is 11.9. The molecule has 0 saturated carbocycles. The van der Waals surface area contributed by atoms with E-state index in [-0.39, 0.29) is 0 Å². The average molecular weight is 279 g/mol. The molecule has 0 heterocycles. The lowest BCUT2D eigenvalue weighted by Crippen LogP contribution is -2.46. The summed E-state index contributed by atoms with van der Waals surface area (Å²) >= 11 is 0. The zero-order valence-corrected chi connectivity index (χ0v) is 12.1. The lowest BCUT2D eigenvalue weighted by Gasteiger charge is -2.18. The summed E-state index contributed by atoms with van der Waals surface area (Å²) in [6.45, 7) is 5.43. The first-order valence-electron chi connectivity index (χ1n) is 6.70. The van der Waals surface area contributed by atoms with Crippen LogP contribution in [0.2, 0.25) is 0 Å². The van der Waals surface area contributed by atoms with Crippen LogP contribution in [0.1, 0.15) is 32.3 Å². The van der Waals surface area contributed by atoms with Gasteiger partial charge in [-0.2, -0.15) is 0 Å². The number of amides is 1. The van der Waals surface area contributed by atoms with E-state index in [1.165, 1.54) is 0 Å². The van der Waals surface area contributed by atoms with Crippen LogP contribution in [-0.2, 0) is 9.59 Å². The van der Waals surface area contributed by atoms with Crippen molar-refractivity contribution in [1.29, 1.82) is 0 Å². The molecule has 5 nitrogen and oxygen atoms in total. The summed E-state index contributed by atoms with van der Waals surface area (Å²) in [7, 11) is 0. The van der Waals surface area contributed by atoms with Crippen LogP contribution in [0.5, 0.6) is 5.75 Å². The zero-order valence-electron chi connectivity index (χ0n) is 12.1. The molecule has 1 unspecified atom stereocenters. The molecule has 0 aliphatic rings. The van der Waals surface area contributed by atoms with Crippen molar-refractivity contribution >= 4 is 11.9 Å². The Morgan fingerprint density at radius 1 is 1.30 bits per heavy atom. The Bertz CT molecular complexity index is 455. The van der Waals surface area contributed by atoms with Gasteiger partial charge in [-0.25, -0.2) is 4.79 Å². The van der Waals surface area contributed by atoms with E-state index in [4.69, 9.17) is 9.84 Å². The second-order valence-corrected chi connectivity index (χ2v) is 4.76. The molecular formula is C15H21NO4. The van der Waals surface area contributed by atoms with Gasteiger partial charge in [-0.15, -0.1) is 0 Å². The number of carboxylic acids is 1. The molecule has 1 rings (SSSR count). The van der Waals surface area contributed by atoms with E-state index in [2.05, 4.69) is 5.32 Å². The summed E-state index contributed by atoms with van der Waals surface area (Å²) in [6, 6.07) is 6.46. The van der Waals surface area contributed by atoms with Gasteiger partial charge in [-0.1, -0.05) is 31.0 Å². The average Bonchev–Trinajstić information content (AvgIpc) is 2.40. The lowest BCUT2D eigenvalue weighted by molar-refractivity contribution is -0.143. The van der Waals surface area contributed by atoms with E-state index in [9.17, 15) is 9.59 Å². The maximum atomic E-state index is 11.9. The molecule has 0 fully saturated rings. The van der Waals surface area contributed by atoms with Crippen LogP contribution in [0.25, 0.3) is 0 Å². The summed E-state index contributed by atoms with van der Waals surface area (Å²) in [6.07, 6.45) is 0.347. The number of carbonyl (C=O) groups excluding carboxylic acids is 1. The van der Waals surface area contributed by atoms with E-state index < -0.39 is 24.0 Å². The fraction of sp³-hybridized carbons (Fsp3) is 0.467. The van der Waals surface area contributed by atoms with Crippen LogP contribution < -0.4 is 10.1 Å². The topological polar surface area (TPSA) is 75.6 Å². The largest absolute Gasteiger partial charge is 0.481 e. The Balaban J connectivity index is 2.57. The van der Waals surface area contributed by atoms with Gasteiger partial charge in [0.25, 0.3) is 5.91 Å². The van der Waals surface area contributed by atoms with E-state index in [1.54, 1.807) is 19.1 Å². The normalized spacial score (nSPS) is 13.3. The van der Waals surface area contributed by atoms with Crippen molar-refractivity contribution in [1.82, 2.24) is 5.32 Å². The third-order valence-corrected chi connectivity index (χ3v) is 2.90. The van der Waals surface area contributed by atoms with Crippen molar-refractivity contribution < 1.29 is 19.4 Å². The van der Waals surface area contributed by atoms with Gasteiger partial charge < -0.3 is 15.2 Å². The highest BCUT2D eigenvalue weighted by Crippen LogP contribution is 2.13. The molecule has 2 atom stereocenters. The van der Waals surface area contributed by atoms with E-state index >= 15 is 0 Å². The monoisotopic (exact) mass is 279 g/mol. The molecule has 1 aromatic carbocycles. The molecular weight excluding hydrogens is 258 g/mol. The first-order valence-corrected chi connectivity index (χ1v) is 6.70. The van der Waals surface area contributed by atoms with Gasteiger partial charge in [0.15, 0.2) is 6.10 Å². The van der Waals surface area contributed by atoms with Crippen molar-refractivity contribution in [2.75, 3.05) is 0 Å². The van der Waals surface area contributed by atoms with Crippen LogP contribution in [0.15, 0.2) is 24.3 Å². The highest BCUT2D eigenvalue weighted by Gasteiger charge is 2.23. The number of carbonyl (C=O) groups is 2. The molecule has 0 spiro atoms. The smallest absolute Gasteiger partial charge is 0.326 e. The number of aryl methyl sites for hydroxylation is 1. The Morgan fingerprint density at radius 2 is 1.90 bits per heavy atom. The lowest BCUT2D eigenvalue weighted by atomic mass is 10.1. The van der Waals surface area contributed by atoms with Gasteiger partial charge in [0.2, 0.25) is 0 Å². The molecule has 2 N–H and O–H groups in total. The van der Waals surface area contributed by atoms with Crippen LogP contribution >= 0.6 is 0 Å². The minimum absolute atomic E-state index is 0.401. The number of benzene rings is 1. The summed E-state index contributed by atoms with van der Waals surface area (Å²) in [4.78, 5) is 22.9. The van der Waals surface area contributed by atoms with Crippen LogP contribution in [-0.4, -0.2) is 29.1 Å². The Labute approximate surface area is 118 Å². The van der Waals surface area contributed by atoms with Crippen LogP contribution in [0.3, 0.4) is 0 Å². The van der Waals surface area contributed by atoms with Gasteiger partial charge in [0, 0.05) is 0 Å². The van der Waals surface area contributed by atoms with Gasteiger partial charge in [-0.05, 0) is 32.4 Å². The summed E-state index contributed by atoms with van der Waals surface area (Å²) < 4.78 is 5.48. The molecule has 0 aliphatic heterocycles. The highest BCUT2D eigenvalue weighted by molar-refractivity contribution is 5.86. The minimum Gasteiger partial charge on any atom is -0.481 e. The molecule has 0 radical (unpaired) electrons. The molecule has 110 valence electrons. The van der Waals surface area contributed by atoms with E-state index in [1.807, 2.05) is 26.0 Å². The first-order chi connectivity index (χ1) is 9.43. The fourth-order valence-electron chi connectivity index (χ4n) is 1.71.